The van der Waals surface area contributed by atoms with E-state index in [4.69, 9.17) is 25.8 Å². The van der Waals surface area contributed by atoms with E-state index < -0.39 is 24.1 Å². The molecule has 0 aliphatic heterocycles. The van der Waals surface area contributed by atoms with Crippen LogP contribution in [0.5, 0.6) is 0 Å². The average Bonchev–Trinajstić information content (AvgIpc) is 2.84. The Morgan fingerprint density at radius 2 is 1.64 bits per heavy atom. The number of hydrogen-bond donors (Lipinski definition) is 1. The molecule has 2 rings (SSSR count). The van der Waals surface area contributed by atoms with Crippen LogP contribution in [0.15, 0.2) is 54.6 Å². The zero-order valence-electron chi connectivity index (χ0n) is 18.9. The molecule has 2 aromatic rings. The second-order valence-corrected chi connectivity index (χ2v) is 7.80. The van der Waals surface area contributed by atoms with Crippen molar-refractivity contribution in [2.24, 2.45) is 5.92 Å². The van der Waals surface area contributed by atoms with Crippen molar-refractivity contribution in [1.29, 1.82) is 0 Å². The van der Waals surface area contributed by atoms with Gasteiger partial charge in [-0.05, 0) is 42.0 Å². The number of benzene rings is 2. The van der Waals surface area contributed by atoms with Crippen molar-refractivity contribution in [3.8, 4) is 0 Å². The molecule has 8 heteroatoms. The number of esters is 2. The average molecular weight is 476 g/mol. The van der Waals surface area contributed by atoms with Gasteiger partial charge in [-0.15, -0.1) is 0 Å². The summed E-state index contributed by atoms with van der Waals surface area (Å²) in [6, 6.07) is 15.3. The molecule has 0 saturated carbocycles. The molecular weight excluding hydrogens is 446 g/mol. The summed E-state index contributed by atoms with van der Waals surface area (Å²) in [6.45, 7) is 4.15. The zero-order valence-corrected chi connectivity index (χ0v) is 19.7. The SMILES string of the molecule is CC[C@H](C)[C@H](NC(=O)OCc1ccccc1)C(=O)OCCCc1ccc(C(=O)OCCl)cc1. The van der Waals surface area contributed by atoms with E-state index in [1.807, 2.05) is 56.3 Å². The molecule has 0 saturated heterocycles. The summed E-state index contributed by atoms with van der Waals surface area (Å²) in [5.41, 5.74) is 2.28. The van der Waals surface area contributed by atoms with E-state index in [2.05, 4.69) is 5.32 Å². The number of halogens is 1. The summed E-state index contributed by atoms with van der Waals surface area (Å²) in [4.78, 5) is 36.4. The van der Waals surface area contributed by atoms with Gasteiger partial charge in [0.1, 0.15) is 12.6 Å². The van der Waals surface area contributed by atoms with Crippen LogP contribution in [0, 0.1) is 5.92 Å². The van der Waals surface area contributed by atoms with Crippen LogP contribution in [-0.4, -0.2) is 36.7 Å². The minimum absolute atomic E-state index is 0.109. The first-order chi connectivity index (χ1) is 15.9. The van der Waals surface area contributed by atoms with Crippen LogP contribution in [-0.2, 0) is 32.0 Å². The molecule has 1 amide bonds. The first-order valence-corrected chi connectivity index (χ1v) is 11.4. The van der Waals surface area contributed by atoms with Gasteiger partial charge in [0.2, 0.25) is 0 Å². The van der Waals surface area contributed by atoms with Gasteiger partial charge < -0.3 is 19.5 Å². The van der Waals surface area contributed by atoms with Crippen LogP contribution in [0.1, 0.15) is 48.2 Å². The van der Waals surface area contributed by atoms with Gasteiger partial charge in [0.25, 0.3) is 0 Å². The lowest BCUT2D eigenvalue weighted by molar-refractivity contribution is -0.147. The van der Waals surface area contributed by atoms with Gasteiger partial charge in [-0.3, -0.25) is 0 Å². The summed E-state index contributed by atoms with van der Waals surface area (Å²) < 4.78 is 15.4. The van der Waals surface area contributed by atoms with E-state index in [9.17, 15) is 14.4 Å². The highest BCUT2D eigenvalue weighted by Gasteiger charge is 2.28. The molecule has 2 atom stereocenters. The highest BCUT2D eigenvalue weighted by Crippen LogP contribution is 2.12. The van der Waals surface area contributed by atoms with Gasteiger partial charge in [0, 0.05) is 0 Å². The van der Waals surface area contributed by atoms with Gasteiger partial charge in [0.15, 0.2) is 6.07 Å². The topological polar surface area (TPSA) is 90.9 Å². The maximum Gasteiger partial charge on any atom is 0.408 e. The van der Waals surface area contributed by atoms with Gasteiger partial charge in [-0.25, -0.2) is 14.4 Å². The lowest BCUT2D eigenvalue weighted by Gasteiger charge is -2.22. The van der Waals surface area contributed by atoms with Crippen molar-refractivity contribution >= 4 is 29.6 Å². The minimum Gasteiger partial charge on any atom is -0.464 e. The maximum absolute atomic E-state index is 12.6. The highest BCUT2D eigenvalue weighted by molar-refractivity contribution is 6.17. The number of rotatable bonds is 12. The summed E-state index contributed by atoms with van der Waals surface area (Å²) in [7, 11) is 0. The second-order valence-electron chi connectivity index (χ2n) is 7.58. The number of ether oxygens (including phenoxy) is 3. The summed E-state index contributed by atoms with van der Waals surface area (Å²) in [5, 5.41) is 2.63. The van der Waals surface area contributed by atoms with E-state index in [0.717, 1.165) is 11.1 Å². The Hall–Kier alpha value is -3.06. The number of carbonyl (C=O) groups excluding carboxylic acids is 3. The van der Waals surface area contributed by atoms with Crippen LogP contribution in [0.4, 0.5) is 4.79 Å². The molecule has 0 radical (unpaired) electrons. The third-order valence-corrected chi connectivity index (χ3v) is 5.29. The lowest BCUT2D eigenvalue weighted by Crippen LogP contribution is -2.46. The fraction of sp³-hybridized carbons (Fsp3) is 0.400. The summed E-state index contributed by atoms with van der Waals surface area (Å²) >= 11 is 5.39. The number of carbonyl (C=O) groups is 3. The van der Waals surface area contributed by atoms with E-state index in [-0.39, 0.29) is 25.2 Å². The molecule has 178 valence electrons. The molecule has 0 bridgehead atoms. The van der Waals surface area contributed by atoms with Crippen LogP contribution >= 0.6 is 11.6 Å². The summed E-state index contributed by atoms with van der Waals surface area (Å²) in [6.07, 6.45) is 1.30. The van der Waals surface area contributed by atoms with E-state index in [1.165, 1.54) is 0 Å². The zero-order chi connectivity index (χ0) is 24.1. The molecule has 0 aliphatic rings. The van der Waals surface area contributed by atoms with Crippen LogP contribution in [0.25, 0.3) is 0 Å². The Labute approximate surface area is 199 Å². The quantitative estimate of drug-likeness (QED) is 0.204. The molecule has 7 nitrogen and oxygen atoms in total. The Morgan fingerprint density at radius 1 is 0.939 bits per heavy atom. The Balaban J connectivity index is 1.78. The molecule has 0 heterocycles. The molecule has 1 N–H and O–H groups in total. The predicted octanol–water partition coefficient (Wildman–Crippen LogP) is 4.86. The first kappa shape index (κ1) is 26.2. The van der Waals surface area contributed by atoms with Crippen molar-refractivity contribution in [1.82, 2.24) is 5.32 Å². The standard InChI is InChI=1S/C25H30ClNO6/c1-3-18(2)22(27-25(30)32-16-20-8-5-4-6-9-20)24(29)31-15-7-10-19-11-13-21(14-12-19)23(28)33-17-26/h4-6,8-9,11-14,18,22H,3,7,10,15-17H2,1-2H3,(H,27,30)/t18-,22-/m0/s1. The van der Waals surface area contributed by atoms with Gasteiger partial charge in [-0.2, -0.15) is 0 Å². The molecule has 2 aromatic carbocycles. The fourth-order valence-electron chi connectivity index (χ4n) is 3.04. The highest BCUT2D eigenvalue weighted by atomic mass is 35.5. The van der Waals surface area contributed by atoms with Crippen molar-refractivity contribution in [3.63, 3.8) is 0 Å². The van der Waals surface area contributed by atoms with Gasteiger partial charge >= 0.3 is 18.0 Å². The predicted molar refractivity (Wildman–Crippen MR) is 125 cm³/mol. The molecular formula is C25H30ClNO6. The Bertz CT molecular complexity index is 888. The number of hydrogen-bond acceptors (Lipinski definition) is 6. The Morgan fingerprint density at radius 3 is 2.27 bits per heavy atom. The Kier molecular flexibility index (Phi) is 11.2. The normalized spacial score (nSPS) is 12.3. The van der Waals surface area contributed by atoms with Crippen molar-refractivity contribution in [2.75, 3.05) is 12.7 Å². The van der Waals surface area contributed by atoms with Crippen molar-refractivity contribution in [3.05, 3.63) is 71.3 Å². The number of amides is 1. The molecule has 0 spiro atoms. The second kappa shape index (κ2) is 14.2. The lowest BCUT2D eigenvalue weighted by atomic mass is 9.99. The van der Waals surface area contributed by atoms with Crippen molar-refractivity contribution in [2.45, 2.75) is 45.8 Å². The van der Waals surface area contributed by atoms with Crippen LogP contribution in [0.3, 0.4) is 0 Å². The molecule has 0 aromatic heterocycles. The third kappa shape index (κ3) is 9.14. The molecule has 33 heavy (non-hydrogen) atoms. The summed E-state index contributed by atoms with van der Waals surface area (Å²) in [5.74, 6) is -1.07. The van der Waals surface area contributed by atoms with E-state index >= 15 is 0 Å². The first-order valence-electron chi connectivity index (χ1n) is 10.9. The monoisotopic (exact) mass is 475 g/mol. The molecule has 0 fully saturated rings. The number of aryl methyl sites for hydroxylation is 1. The van der Waals surface area contributed by atoms with E-state index in [0.29, 0.717) is 24.8 Å². The van der Waals surface area contributed by atoms with Gasteiger partial charge in [0.05, 0.1) is 12.2 Å². The van der Waals surface area contributed by atoms with Crippen molar-refractivity contribution < 1.29 is 28.6 Å². The minimum atomic E-state index is -0.787. The molecule has 0 unspecified atom stereocenters. The number of alkyl halides is 1. The number of nitrogens with one attached hydrogen (secondary N) is 1. The van der Waals surface area contributed by atoms with Crippen LogP contribution in [0.2, 0.25) is 0 Å². The van der Waals surface area contributed by atoms with Gasteiger partial charge in [-0.1, -0.05) is 74.3 Å². The van der Waals surface area contributed by atoms with Crippen LogP contribution < -0.4 is 5.32 Å². The molecule has 0 aliphatic carbocycles. The largest absolute Gasteiger partial charge is 0.464 e. The maximum atomic E-state index is 12.6. The fourth-order valence-corrected chi connectivity index (χ4v) is 3.14. The third-order valence-electron chi connectivity index (χ3n) is 5.18. The smallest absolute Gasteiger partial charge is 0.408 e. The van der Waals surface area contributed by atoms with E-state index in [1.54, 1.807) is 12.1 Å². The number of alkyl carbamates (subject to hydrolysis) is 1.